The van der Waals surface area contributed by atoms with Gasteiger partial charge in [-0.15, -0.1) is 11.3 Å². The molecule has 0 atom stereocenters. The Bertz CT molecular complexity index is 3220. The highest BCUT2D eigenvalue weighted by Gasteiger charge is 2.21. The van der Waals surface area contributed by atoms with Crippen LogP contribution < -0.4 is 0 Å². The largest absolute Gasteiger partial charge is 0.455 e. The molecule has 0 bridgehead atoms. The minimum Gasteiger partial charge on any atom is -0.455 e. The van der Waals surface area contributed by atoms with Crippen molar-refractivity contribution in [1.82, 2.24) is 19.9 Å². The summed E-state index contributed by atoms with van der Waals surface area (Å²) in [6.45, 7) is 0. The van der Waals surface area contributed by atoms with Crippen LogP contribution >= 0.6 is 11.3 Å². The summed E-state index contributed by atoms with van der Waals surface area (Å²) in [5, 5.41) is 5.57. The zero-order chi connectivity index (χ0) is 35.6. The standard InChI is InChI=1S/C48H28N4OS/c1-2-11-31(12-3-1)46-50-47(52-48(51-46)39-19-7-16-36-35-13-4-5-23-42(35)54-45(36)39)38-18-9-22-41-43(38)37-17-6-15-33(44(37)53-41)30-26-24-29(25-27-30)32-14-8-21-40-34(32)20-10-28-49-40/h1-28H. The van der Waals surface area contributed by atoms with Crippen molar-refractivity contribution in [3.8, 4) is 56.4 Å². The van der Waals surface area contributed by atoms with Gasteiger partial charge in [-0.05, 0) is 47.0 Å². The zero-order valence-corrected chi connectivity index (χ0v) is 29.6. The number of thiophene rings is 1. The lowest BCUT2D eigenvalue weighted by atomic mass is 9.96. The molecule has 0 aliphatic rings. The van der Waals surface area contributed by atoms with Crippen LogP contribution in [0.15, 0.2) is 174 Å². The second kappa shape index (κ2) is 12.3. The highest BCUT2D eigenvalue weighted by Crippen LogP contribution is 2.42. The first-order valence-electron chi connectivity index (χ1n) is 17.9. The van der Waals surface area contributed by atoms with Crippen LogP contribution in [0.5, 0.6) is 0 Å². The van der Waals surface area contributed by atoms with Crippen molar-refractivity contribution in [3.05, 3.63) is 170 Å². The van der Waals surface area contributed by atoms with Crippen LogP contribution in [0.2, 0.25) is 0 Å². The van der Waals surface area contributed by atoms with Crippen LogP contribution in [0.4, 0.5) is 0 Å². The molecule has 54 heavy (non-hydrogen) atoms. The minimum atomic E-state index is 0.601. The summed E-state index contributed by atoms with van der Waals surface area (Å²) in [6.07, 6.45) is 1.84. The van der Waals surface area contributed by atoms with Gasteiger partial charge in [-0.25, -0.2) is 15.0 Å². The van der Waals surface area contributed by atoms with Gasteiger partial charge >= 0.3 is 0 Å². The quantitative estimate of drug-likeness (QED) is 0.178. The highest BCUT2D eigenvalue weighted by atomic mass is 32.1. The third kappa shape index (κ3) is 4.92. The summed E-state index contributed by atoms with van der Waals surface area (Å²) in [6, 6.07) is 56.7. The summed E-state index contributed by atoms with van der Waals surface area (Å²) in [4.78, 5) is 20.0. The Morgan fingerprint density at radius 3 is 1.91 bits per heavy atom. The number of nitrogens with zero attached hydrogens (tertiary/aromatic N) is 4. The predicted octanol–water partition coefficient (Wildman–Crippen LogP) is 13.0. The van der Waals surface area contributed by atoms with Crippen LogP contribution in [0.3, 0.4) is 0 Å². The molecule has 11 aromatic rings. The molecular formula is C48H28N4OS. The number of hydrogen-bond acceptors (Lipinski definition) is 6. The van der Waals surface area contributed by atoms with E-state index in [1.807, 2.05) is 54.7 Å². The molecule has 5 nitrogen and oxygen atoms in total. The number of rotatable bonds is 5. The topological polar surface area (TPSA) is 64.7 Å². The van der Waals surface area contributed by atoms with Gasteiger partial charge in [0, 0.05) is 64.8 Å². The van der Waals surface area contributed by atoms with Crippen molar-refractivity contribution in [3.63, 3.8) is 0 Å². The monoisotopic (exact) mass is 708 g/mol. The first-order valence-corrected chi connectivity index (χ1v) is 18.7. The van der Waals surface area contributed by atoms with E-state index in [4.69, 9.17) is 19.4 Å². The normalized spacial score (nSPS) is 11.7. The van der Waals surface area contributed by atoms with E-state index in [1.54, 1.807) is 11.3 Å². The van der Waals surface area contributed by atoms with Crippen molar-refractivity contribution in [2.45, 2.75) is 0 Å². The second-order valence-electron chi connectivity index (χ2n) is 13.4. The van der Waals surface area contributed by atoms with Crippen LogP contribution in [-0.4, -0.2) is 19.9 Å². The smallest absolute Gasteiger partial charge is 0.165 e. The Labute approximate surface area is 313 Å². The molecule has 252 valence electrons. The molecule has 0 fully saturated rings. The van der Waals surface area contributed by atoms with E-state index < -0.39 is 0 Å². The fourth-order valence-corrected chi connectivity index (χ4v) is 8.91. The molecule has 0 N–H and O–H groups in total. The van der Waals surface area contributed by atoms with E-state index in [2.05, 4.69) is 120 Å². The van der Waals surface area contributed by atoms with Gasteiger partial charge in [0.25, 0.3) is 0 Å². The van der Waals surface area contributed by atoms with E-state index in [-0.39, 0.29) is 0 Å². The Morgan fingerprint density at radius 1 is 0.407 bits per heavy atom. The first kappa shape index (κ1) is 30.6. The van der Waals surface area contributed by atoms with Crippen LogP contribution in [-0.2, 0) is 0 Å². The van der Waals surface area contributed by atoms with Crippen LogP contribution in [0.25, 0.3) is 109 Å². The molecule has 0 spiro atoms. The van der Waals surface area contributed by atoms with E-state index in [1.165, 1.54) is 15.5 Å². The number of aromatic nitrogens is 4. The van der Waals surface area contributed by atoms with E-state index >= 15 is 0 Å². The Kier molecular flexibility index (Phi) is 6.97. The molecule has 0 radical (unpaired) electrons. The average molecular weight is 709 g/mol. The van der Waals surface area contributed by atoms with Gasteiger partial charge in [-0.1, -0.05) is 133 Å². The summed E-state index contributed by atoms with van der Waals surface area (Å²) in [5.41, 5.74) is 9.82. The molecular weight excluding hydrogens is 681 g/mol. The lowest BCUT2D eigenvalue weighted by molar-refractivity contribution is 0.670. The van der Waals surface area contributed by atoms with Gasteiger partial charge in [-0.3, -0.25) is 4.98 Å². The summed E-state index contributed by atoms with van der Waals surface area (Å²) < 4.78 is 9.12. The molecule has 0 aliphatic carbocycles. The van der Waals surface area contributed by atoms with Crippen molar-refractivity contribution in [1.29, 1.82) is 0 Å². The maximum absolute atomic E-state index is 6.72. The van der Waals surface area contributed by atoms with Gasteiger partial charge in [0.05, 0.1) is 5.52 Å². The molecule has 11 rings (SSSR count). The van der Waals surface area contributed by atoms with Gasteiger partial charge in [0.2, 0.25) is 0 Å². The molecule has 0 saturated carbocycles. The fourth-order valence-electron chi connectivity index (χ4n) is 7.70. The molecule has 7 aromatic carbocycles. The van der Waals surface area contributed by atoms with E-state index in [0.717, 1.165) is 76.5 Å². The van der Waals surface area contributed by atoms with Gasteiger partial charge in [0.1, 0.15) is 11.2 Å². The molecule has 4 heterocycles. The molecule has 0 aliphatic heterocycles. The third-order valence-electron chi connectivity index (χ3n) is 10.2. The Morgan fingerprint density at radius 2 is 1.04 bits per heavy atom. The summed E-state index contributed by atoms with van der Waals surface area (Å²) in [5.74, 6) is 1.87. The number of hydrogen-bond donors (Lipinski definition) is 0. The van der Waals surface area contributed by atoms with E-state index in [9.17, 15) is 0 Å². The van der Waals surface area contributed by atoms with Crippen LogP contribution in [0, 0.1) is 0 Å². The number of pyridine rings is 1. The maximum Gasteiger partial charge on any atom is 0.165 e. The number of benzene rings is 7. The van der Waals surface area contributed by atoms with Crippen molar-refractivity contribution < 1.29 is 4.42 Å². The highest BCUT2D eigenvalue weighted by molar-refractivity contribution is 7.26. The SMILES string of the molecule is c1ccc(-c2nc(-c3cccc4c3sc3ccccc34)nc(-c3cccc4oc5c(-c6ccc(-c7cccc8ncccc78)cc6)cccc5c34)n2)cc1. The molecule has 6 heteroatoms. The Hall–Kier alpha value is -7.02. The first-order chi connectivity index (χ1) is 26.8. The maximum atomic E-state index is 6.72. The average Bonchev–Trinajstić information content (AvgIpc) is 3.83. The molecule has 4 aromatic heterocycles. The van der Waals surface area contributed by atoms with Gasteiger partial charge < -0.3 is 4.42 Å². The van der Waals surface area contributed by atoms with E-state index in [0.29, 0.717) is 17.5 Å². The fraction of sp³-hybridized carbons (Fsp3) is 0. The van der Waals surface area contributed by atoms with Gasteiger partial charge in [-0.2, -0.15) is 0 Å². The zero-order valence-electron chi connectivity index (χ0n) is 28.8. The number of furan rings is 1. The van der Waals surface area contributed by atoms with Crippen LogP contribution in [0.1, 0.15) is 0 Å². The predicted molar refractivity (Wildman–Crippen MR) is 222 cm³/mol. The minimum absolute atomic E-state index is 0.601. The summed E-state index contributed by atoms with van der Waals surface area (Å²) in [7, 11) is 0. The van der Waals surface area contributed by atoms with Crippen molar-refractivity contribution in [2.24, 2.45) is 0 Å². The second-order valence-corrected chi connectivity index (χ2v) is 14.4. The molecule has 0 unspecified atom stereocenters. The lowest BCUT2D eigenvalue weighted by Crippen LogP contribution is -2.00. The van der Waals surface area contributed by atoms with Crippen molar-refractivity contribution >= 4 is 64.4 Å². The third-order valence-corrected chi connectivity index (χ3v) is 11.4. The van der Waals surface area contributed by atoms with Gasteiger partial charge in [0.15, 0.2) is 17.5 Å². The Balaban J connectivity index is 1.08. The lowest BCUT2D eigenvalue weighted by Gasteiger charge is -2.10. The summed E-state index contributed by atoms with van der Waals surface area (Å²) >= 11 is 1.77. The number of fused-ring (bicyclic) bond motifs is 7. The number of para-hydroxylation sites is 1. The van der Waals surface area contributed by atoms with Crippen molar-refractivity contribution in [2.75, 3.05) is 0 Å². The molecule has 0 saturated heterocycles. The molecule has 0 amide bonds.